The van der Waals surface area contributed by atoms with Crippen molar-refractivity contribution in [1.82, 2.24) is 4.90 Å². The van der Waals surface area contributed by atoms with Gasteiger partial charge in [0.25, 0.3) is 0 Å². The standard InChI is InChI=1S/C17H28N2O/c1-4-16-7-6-10-19(16)12-15-11-14(13(3)18)8-9-17(15)20-5-2/h8-9,11,13,16H,4-7,10,12,18H2,1-3H3. The van der Waals surface area contributed by atoms with Crippen LogP contribution >= 0.6 is 0 Å². The lowest BCUT2D eigenvalue weighted by atomic mass is 10.0. The third-order valence-electron chi connectivity index (χ3n) is 4.25. The predicted molar refractivity (Wildman–Crippen MR) is 83.9 cm³/mol. The summed E-state index contributed by atoms with van der Waals surface area (Å²) in [4.78, 5) is 2.59. The molecule has 2 N–H and O–H groups in total. The lowest BCUT2D eigenvalue weighted by molar-refractivity contribution is 0.234. The van der Waals surface area contributed by atoms with Crippen molar-refractivity contribution in [2.75, 3.05) is 13.2 Å². The summed E-state index contributed by atoms with van der Waals surface area (Å²) in [5, 5.41) is 0. The molecule has 1 saturated heterocycles. The van der Waals surface area contributed by atoms with E-state index in [1.54, 1.807) is 0 Å². The summed E-state index contributed by atoms with van der Waals surface area (Å²) >= 11 is 0. The number of likely N-dealkylation sites (tertiary alicyclic amines) is 1. The third kappa shape index (κ3) is 3.53. The lowest BCUT2D eigenvalue weighted by Crippen LogP contribution is -2.28. The fourth-order valence-electron chi connectivity index (χ4n) is 3.09. The predicted octanol–water partition coefficient (Wildman–Crippen LogP) is 3.48. The van der Waals surface area contributed by atoms with Crippen LogP contribution in [0, 0.1) is 0 Å². The van der Waals surface area contributed by atoms with Crippen LogP contribution in [-0.4, -0.2) is 24.1 Å². The average Bonchev–Trinajstić information content (AvgIpc) is 2.88. The van der Waals surface area contributed by atoms with Gasteiger partial charge in [0.2, 0.25) is 0 Å². The molecule has 0 aliphatic carbocycles. The van der Waals surface area contributed by atoms with Gasteiger partial charge in [-0.1, -0.05) is 13.0 Å². The van der Waals surface area contributed by atoms with Crippen molar-refractivity contribution >= 4 is 0 Å². The molecule has 3 nitrogen and oxygen atoms in total. The van der Waals surface area contributed by atoms with Gasteiger partial charge in [0.05, 0.1) is 6.61 Å². The van der Waals surface area contributed by atoms with Crippen molar-refractivity contribution in [3.8, 4) is 5.75 Å². The highest BCUT2D eigenvalue weighted by molar-refractivity contribution is 5.38. The van der Waals surface area contributed by atoms with E-state index in [1.807, 2.05) is 13.8 Å². The Hall–Kier alpha value is -1.06. The van der Waals surface area contributed by atoms with Crippen molar-refractivity contribution in [3.05, 3.63) is 29.3 Å². The number of ether oxygens (including phenoxy) is 1. The number of rotatable bonds is 6. The first-order chi connectivity index (χ1) is 9.65. The Balaban J connectivity index is 2.20. The monoisotopic (exact) mass is 276 g/mol. The van der Waals surface area contributed by atoms with Crippen LogP contribution in [0.2, 0.25) is 0 Å². The fourth-order valence-corrected chi connectivity index (χ4v) is 3.09. The van der Waals surface area contributed by atoms with Gasteiger partial charge in [-0.15, -0.1) is 0 Å². The van der Waals surface area contributed by atoms with Gasteiger partial charge in [0.15, 0.2) is 0 Å². The highest BCUT2D eigenvalue weighted by Gasteiger charge is 2.23. The second-order valence-corrected chi connectivity index (χ2v) is 5.76. The molecule has 0 radical (unpaired) electrons. The summed E-state index contributed by atoms with van der Waals surface area (Å²) < 4.78 is 5.78. The Morgan fingerprint density at radius 2 is 2.20 bits per heavy atom. The van der Waals surface area contributed by atoms with E-state index in [9.17, 15) is 0 Å². The largest absolute Gasteiger partial charge is 0.494 e. The van der Waals surface area contributed by atoms with Crippen LogP contribution in [0.4, 0.5) is 0 Å². The van der Waals surface area contributed by atoms with Crippen LogP contribution in [0.25, 0.3) is 0 Å². The number of hydrogen-bond acceptors (Lipinski definition) is 3. The molecule has 1 heterocycles. The van der Waals surface area contributed by atoms with Crippen molar-refractivity contribution in [2.24, 2.45) is 5.73 Å². The van der Waals surface area contributed by atoms with Gasteiger partial charge in [-0.25, -0.2) is 0 Å². The summed E-state index contributed by atoms with van der Waals surface area (Å²) in [6.45, 7) is 9.24. The quantitative estimate of drug-likeness (QED) is 0.864. The number of hydrogen-bond donors (Lipinski definition) is 1. The van der Waals surface area contributed by atoms with E-state index >= 15 is 0 Å². The van der Waals surface area contributed by atoms with E-state index in [2.05, 4.69) is 30.0 Å². The second-order valence-electron chi connectivity index (χ2n) is 5.76. The summed E-state index contributed by atoms with van der Waals surface area (Å²) in [5.41, 5.74) is 8.48. The summed E-state index contributed by atoms with van der Waals surface area (Å²) in [6, 6.07) is 7.18. The Bertz CT molecular complexity index is 431. The van der Waals surface area contributed by atoms with Crippen LogP contribution in [0.1, 0.15) is 57.2 Å². The van der Waals surface area contributed by atoms with Crippen molar-refractivity contribution in [1.29, 1.82) is 0 Å². The van der Waals surface area contributed by atoms with E-state index in [4.69, 9.17) is 10.5 Å². The zero-order valence-corrected chi connectivity index (χ0v) is 13.1. The van der Waals surface area contributed by atoms with Gasteiger partial charge >= 0.3 is 0 Å². The maximum absolute atomic E-state index is 6.01. The van der Waals surface area contributed by atoms with E-state index in [0.29, 0.717) is 6.61 Å². The molecule has 0 saturated carbocycles. The van der Waals surface area contributed by atoms with Crippen LogP contribution in [0.15, 0.2) is 18.2 Å². The number of nitrogens with two attached hydrogens (primary N) is 1. The molecule has 2 rings (SSSR count). The van der Waals surface area contributed by atoms with Gasteiger partial charge in [0, 0.05) is 24.2 Å². The SMILES string of the molecule is CCOc1ccc(C(C)N)cc1CN1CCCC1CC. The van der Waals surface area contributed by atoms with Crippen molar-refractivity contribution < 1.29 is 4.74 Å². The molecular formula is C17H28N2O. The maximum atomic E-state index is 6.01. The maximum Gasteiger partial charge on any atom is 0.123 e. The summed E-state index contributed by atoms with van der Waals surface area (Å²) in [7, 11) is 0. The van der Waals surface area contributed by atoms with Gasteiger partial charge in [-0.05, 0) is 57.4 Å². The molecule has 2 unspecified atom stereocenters. The molecule has 1 fully saturated rings. The molecular weight excluding hydrogens is 248 g/mol. The molecule has 3 heteroatoms. The van der Waals surface area contributed by atoms with Gasteiger partial charge in [-0.2, -0.15) is 0 Å². The molecule has 0 aromatic heterocycles. The molecule has 1 aromatic rings. The zero-order valence-electron chi connectivity index (χ0n) is 13.1. The molecule has 112 valence electrons. The minimum absolute atomic E-state index is 0.0741. The lowest BCUT2D eigenvalue weighted by Gasteiger charge is -2.25. The average molecular weight is 276 g/mol. The molecule has 0 amide bonds. The fraction of sp³-hybridized carbons (Fsp3) is 0.647. The second kappa shape index (κ2) is 7.09. The zero-order chi connectivity index (χ0) is 14.5. The molecule has 0 spiro atoms. The van der Waals surface area contributed by atoms with Crippen molar-refractivity contribution in [3.63, 3.8) is 0 Å². The third-order valence-corrected chi connectivity index (χ3v) is 4.25. The molecule has 20 heavy (non-hydrogen) atoms. The van der Waals surface area contributed by atoms with Crippen LogP contribution in [0.5, 0.6) is 5.75 Å². The molecule has 1 aliphatic rings. The summed E-state index contributed by atoms with van der Waals surface area (Å²) in [6.07, 6.45) is 3.87. The highest BCUT2D eigenvalue weighted by Crippen LogP contribution is 2.28. The Morgan fingerprint density at radius 1 is 1.40 bits per heavy atom. The first kappa shape index (κ1) is 15.3. The topological polar surface area (TPSA) is 38.5 Å². The first-order valence-corrected chi connectivity index (χ1v) is 7.91. The molecule has 1 aromatic carbocycles. The first-order valence-electron chi connectivity index (χ1n) is 7.91. The normalized spacial score (nSPS) is 21.1. The minimum Gasteiger partial charge on any atom is -0.494 e. The van der Waals surface area contributed by atoms with E-state index in [0.717, 1.165) is 18.3 Å². The van der Waals surface area contributed by atoms with E-state index in [1.165, 1.54) is 36.9 Å². The summed E-state index contributed by atoms with van der Waals surface area (Å²) in [5.74, 6) is 1.01. The van der Waals surface area contributed by atoms with Crippen LogP contribution in [-0.2, 0) is 6.54 Å². The Kier molecular flexibility index (Phi) is 5.44. The number of benzene rings is 1. The molecule has 2 atom stereocenters. The van der Waals surface area contributed by atoms with Crippen LogP contribution in [0.3, 0.4) is 0 Å². The van der Waals surface area contributed by atoms with E-state index < -0.39 is 0 Å². The van der Waals surface area contributed by atoms with Gasteiger partial charge in [0.1, 0.15) is 5.75 Å². The van der Waals surface area contributed by atoms with Gasteiger partial charge < -0.3 is 10.5 Å². The minimum atomic E-state index is 0.0741. The van der Waals surface area contributed by atoms with Crippen LogP contribution < -0.4 is 10.5 Å². The van der Waals surface area contributed by atoms with Gasteiger partial charge in [-0.3, -0.25) is 4.90 Å². The highest BCUT2D eigenvalue weighted by atomic mass is 16.5. The number of nitrogens with zero attached hydrogens (tertiary/aromatic N) is 1. The van der Waals surface area contributed by atoms with Crippen molar-refractivity contribution in [2.45, 2.75) is 58.7 Å². The molecule has 1 aliphatic heterocycles. The van der Waals surface area contributed by atoms with E-state index in [-0.39, 0.29) is 6.04 Å². The smallest absolute Gasteiger partial charge is 0.123 e. The Labute approximate surface area is 123 Å². The Morgan fingerprint density at radius 3 is 2.85 bits per heavy atom. The molecule has 0 bridgehead atoms.